The maximum Gasteiger partial charge on any atom is 0.305 e. The zero-order valence-electron chi connectivity index (χ0n) is 17.6. The molecule has 10 atom stereocenters. The van der Waals surface area contributed by atoms with Crippen LogP contribution in [0.1, 0.15) is 33.1 Å². The topological polar surface area (TPSA) is 185 Å². The lowest BCUT2D eigenvalue weighted by molar-refractivity contribution is -0.366. The summed E-state index contributed by atoms with van der Waals surface area (Å²) in [7, 11) is 0. The van der Waals surface area contributed by atoms with Crippen molar-refractivity contribution in [3.63, 3.8) is 0 Å². The molecule has 12 nitrogen and oxygen atoms in total. The van der Waals surface area contributed by atoms with Gasteiger partial charge >= 0.3 is 5.97 Å². The number of hydrogen-bond acceptors (Lipinski definition) is 12. The van der Waals surface area contributed by atoms with Crippen molar-refractivity contribution < 1.29 is 59.1 Å². The summed E-state index contributed by atoms with van der Waals surface area (Å²) in [6, 6.07) is 0. The molecule has 2 fully saturated rings. The molecule has 0 aromatic carbocycles. The highest BCUT2D eigenvalue weighted by molar-refractivity contribution is 5.69. The molecule has 6 N–H and O–H groups in total. The van der Waals surface area contributed by atoms with E-state index >= 15 is 0 Å². The maximum atomic E-state index is 11.6. The van der Waals surface area contributed by atoms with E-state index in [9.17, 15) is 35.4 Å². The molecule has 0 saturated carbocycles. The molecular formula is C19H34O12. The number of ether oxygens (including phenoxy) is 5. The first kappa shape index (κ1) is 26.3. The lowest BCUT2D eigenvalue weighted by atomic mass is 9.95. The molecular weight excluding hydrogens is 420 g/mol. The Morgan fingerprint density at radius 1 is 0.871 bits per heavy atom. The van der Waals surface area contributed by atoms with Crippen LogP contribution in [0.25, 0.3) is 0 Å². The molecule has 2 aliphatic rings. The standard InChI is InChI=1S/C19H34O12/c1-3-7-28-19-17(15(25)13(23)10(8-20)30-19)31-18-16(26)14(24)12(22)9(29-18)5-6-11(21)27-4-2/h9-10,12-20,22-26H,3-8H2,1-2H3/t9?,10?,12-,13-,14?,15?,16?,17?,18-,19+/m1/s1. The predicted molar refractivity (Wildman–Crippen MR) is 101 cm³/mol. The van der Waals surface area contributed by atoms with Gasteiger partial charge in [-0.15, -0.1) is 0 Å². The number of carbonyl (C=O) groups is 1. The van der Waals surface area contributed by atoms with Gasteiger partial charge in [0.1, 0.15) is 42.7 Å². The predicted octanol–water partition coefficient (Wildman–Crippen LogP) is -2.61. The van der Waals surface area contributed by atoms with Gasteiger partial charge < -0.3 is 54.3 Å². The van der Waals surface area contributed by atoms with E-state index in [1.807, 2.05) is 6.92 Å². The van der Waals surface area contributed by atoms with Gasteiger partial charge in [0.2, 0.25) is 0 Å². The third-order valence-electron chi connectivity index (χ3n) is 5.21. The fourth-order valence-corrected chi connectivity index (χ4v) is 3.48. The first-order chi connectivity index (χ1) is 14.7. The van der Waals surface area contributed by atoms with E-state index in [0.29, 0.717) is 6.42 Å². The van der Waals surface area contributed by atoms with Crippen LogP contribution in [0.5, 0.6) is 0 Å². The van der Waals surface area contributed by atoms with Gasteiger partial charge in [0, 0.05) is 13.0 Å². The molecule has 2 saturated heterocycles. The molecule has 182 valence electrons. The molecule has 0 amide bonds. The van der Waals surface area contributed by atoms with E-state index in [1.54, 1.807) is 6.92 Å². The molecule has 6 unspecified atom stereocenters. The van der Waals surface area contributed by atoms with Crippen LogP contribution in [-0.2, 0) is 28.5 Å². The SMILES string of the molecule is CCCO[C@H]1OC(CO)[C@@H](O)C(O)C1O[C@H]1OC(CCC(=O)OCC)[C@@H](O)C(O)C1O. The molecule has 0 bridgehead atoms. The zero-order chi connectivity index (χ0) is 23.1. The number of esters is 1. The van der Waals surface area contributed by atoms with Gasteiger partial charge in [-0.1, -0.05) is 6.92 Å². The van der Waals surface area contributed by atoms with Crippen LogP contribution in [0.2, 0.25) is 0 Å². The van der Waals surface area contributed by atoms with Crippen molar-refractivity contribution >= 4 is 5.97 Å². The van der Waals surface area contributed by atoms with Gasteiger partial charge in [-0.3, -0.25) is 4.79 Å². The minimum absolute atomic E-state index is 0.0155. The van der Waals surface area contributed by atoms with E-state index in [4.69, 9.17) is 23.7 Å². The van der Waals surface area contributed by atoms with E-state index in [0.717, 1.165) is 0 Å². The molecule has 0 aliphatic carbocycles. The van der Waals surface area contributed by atoms with Crippen molar-refractivity contribution in [3.05, 3.63) is 0 Å². The van der Waals surface area contributed by atoms with Crippen molar-refractivity contribution in [2.24, 2.45) is 0 Å². The fourth-order valence-electron chi connectivity index (χ4n) is 3.48. The number of hydrogen-bond donors (Lipinski definition) is 6. The van der Waals surface area contributed by atoms with Gasteiger partial charge in [-0.25, -0.2) is 0 Å². The van der Waals surface area contributed by atoms with E-state index in [-0.39, 0.29) is 26.1 Å². The van der Waals surface area contributed by atoms with Crippen LogP contribution in [0.3, 0.4) is 0 Å². The van der Waals surface area contributed by atoms with Crippen molar-refractivity contribution in [2.45, 2.75) is 94.5 Å². The molecule has 0 radical (unpaired) electrons. The molecule has 12 heteroatoms. The maximum absolute atomic E-state index is 11.6. The fraction of sp³-hybridized carbons (Fsp3) is 0.947. The Labute approximate surface area is 180 Å². The molecule has 31 heavy (non-hydrogen) atoms. The number of carbonyl (C=O) groups excluding carboxylic acids is 1. The van der Waals surface area contributed by atoms with Crippen molar-refractivity contribution in [3.8, 4) is 0 Å². The highest BCUT2D eigenvalue weighted by Crippen LogP contribution is 2.30. The second-order valence-electron chi connectivity index (χ2n) is 7.54. The van der Waals surface area contributed by atoms with Gasteiger partial charge in [0.05, 0.1) is 19.3 Å². The van der Waals surface area contributed by atoms with Gasteiger partial charge in [-0.05, 0) is 19.8 Å². The third-order valence-corrected chi connectivity index (χ3v) is 5.21. The highest BCUT2D eigenvalue weighted by atomic mass is 16.8. The summed E-state index contributed by atoms with van der Waals surface area (Å²) in [6.45, 7) is 3.34. The third kappa shape index (κ3) is 6.54. The summed E-state index contributed by atoms with van der Waals surface area (Å²) in [5.74, 6) is -0.515. The summed E-state index contributed by atoms with van der Waals surface area (Å²) in [5.41, 5.74) is 0. The van der Waals surface area contributed by atoms with E-state index in [2.05, 4.69) is 0 Å². The minimum atomic E-state index is -1.69. The normalized spacial score (nSPS) is 41.2. The average molecular weight is 454 g/mol. The van der Waals surface area contributed by atoms with Crippen LogP contribution >= 0.6 is 0 Å². The summed E-state index contributed by atoms with van der Waals surface area (Å²) in [4.78, 5) is 11.6. The van der Waals surface area contributed by atoms with Crippen LogP contribution in [0, 0.1) is 0 Å². The molecule has 2 aliphatic heterocycles. The lowest BCUT2D eigenvalue weighted by Gasteiger charge is -2.46. The summed E-state index contributed by atoms with van der Waals surface area (Å²) in [6.07, 6.45) is -13.7. The van der Waals surface area contributed by atoms with E-state index < -0.39 is 74.0 Å². The smallest absolute Gasteiger partial charge is 0.305 e. The molecule has 2 heterocycles. The second-order valence-corrected chi connectivity index (χ2v) is 7.54. The Morgan fingerprint density at radius 2 is 1.52 bits per heavy atom. The van der Waals surface area contributed by atoms with Crippen LogP contribution < -0.4 is 0 Å². The van der Waals surface area contributed by atoms with Gasteiger partial charge in [0.25, 0.3) is 0 Å². The van der Waals surface area contributed by atoms with Crippen LogP contribution in [0.15, 0.2) is 0 Å². The largest absolute Gasteiger partial charge is 0.466 e. The Balaban J connectivity index is 2.11. The minimum Gasteiger partial charge on any atom is -0.466 e. The van der Waals surface area contributed by atoms with Crippen LogP contribution in [-0.4, -0.2) is 118 Å². The second kappa shape index (κ2) is 12.3. The Hall–Kier alpha value is -0.930. The van der Waals surface area contributed by atoms with Crippen molar-refractivity contribution in [1.29, 1.82) is 0 Å². The average Bonchev–Trinajstić information content (AvgIpc) is 2.75. The molecule has 2 rings (SSSR count). The van der Waals surface area contributed by atoms with Gasteiger partial charge in [-0.2, -0.15) is 0 Å². The first-order valence-corrected chi connectivity index (χ1v) is 10.5. The number of rotatable bonds is 10. The van der Waals surface area contributed by atoms with E-state index in [1.165, 1.54) is 0 Å². The number of aliphatic hydroxyl groups excluding tert-OH is 6. The monoisotopic (exact) mass is 454 g/mol. The quantitative estimate of drug-likeness (QED) is 0.189. The Bertz CT molecular complexity index is 548. The summed E-state index contributed by atoms with van der Waals surface area (Å²) < 4.78 is 27.0. The zero-order valence-corrected chi connectivity index (χ0v) is 17.6. The van der Waals surface area contributed by atoms with Crippen molar-refractivity contribution in [1.82, 2.24) is 0 Å². The summed E-state index contributed by atoms with van der Waals surface area (Å²) >= 11 is 0. The van der Waals surface area contributed by atoms with Gasteiger partial charge in [0.15, 0.2) is 12.6 Å². The lowest BCUT2D eigenvalue weighted by Crippen LogP contribution is -2.64. The highest BCUT2D eigenvalue weighted by Gasteiger charge is 2.50. The summed E-state index contributed by atoms with van der Waals surface area (Å²) in [5, 5.41) is 60.7. The molecule has 0 aromatic heterocycles. The van der Waals surface area contributed by atoms with Crippen LogP contribution in [0.4, 0.5) is 0 Å². The van der Waals surface area contributed by atoms with Crippen molar-refractivity contribution in [2.75, 3.05) is 19.8 Å². The first-order valence-electron chi connectivity index (χ1n) is 10.5. The molecule has 0 aromatic rings. The Morgan fingerprint density at radius 3 is 2.13 bits per heavy atom. The number of aliphatic hydroxyl groups is 6. The Kier molecular flexibility index (Phi) is 10.5. The molecule has 0 spiro atoms.